The van der Waals surface area contributed by atoms with Gasteiger partial charge in [-0.15, -0.1) is 0 Å². The van der Waals surface area contributed by atoms with Crippen LogP contribution in [0.2, 0.25) is 5.02 Å². The molecule has 0 radical (unpaired) electrons. The van der Waals surface area contributed by atoms with Crippen molar-refractivity contribution in [1.29, 1.82) is 0 Å². The van der Waals surface area contributed by atoms with E-state index in [9.17, 15) is 4.79 Å². The van der Waals surface area contributed by atoms with Crippen LogP contribution in [0.15, 0.2) is 36.4 Å². The number of nitrogens with one attached hydrogen (secondary N) is 1. The molecule has 4 heteroatoms. The average Bonchev–Trinajstić information content (AvgIpc) is 2.99. The lowest BCUT2D eigenvalue weighted by atomic mass is 9.81. The van der Waals surface area contributed by atoms with E-state index in [0.717, 1.165) is 11.3 Å². The van der Waals surface area contributed by atoms with Gasteiger partial charge in [-0.25, -0.2) is 0 Å². The smallest absolute Gasteiger partial charge is 0.226 e. The first-order chi connectivity index (χ1) is 13.6. The summed E-state index contributed by atoms with van der Waals surface area (Å²) in [5.74, 6) is 0.622. The van der Waals surface area contributed by atoms with Crippen molar-refractivity contribution >= 4 is 34.1 Å². The van der Waals surface area contributed by atoms with Gasteiger partial charge in [0.1, 0.15) is 0 Å². The van der Waals surface area contributed by atoms with Gasteiger partial charge >= 0.3 is 0 Å². The predicted octanol–water partition coefficient (Wildman–Crippen LogP) is 6.66. The van der Waals surface area contributed by atoms with Crippen LogP contribution >= 0.6 is 11.6 Å². The zero-order valence-electron chi connectivity index (χ0n) is 16.2. The number of carbonyl (C=O) groups excluding carboxylic acids is 1. The Morgan fingerprint density at radius 3 is 2.71 bits per heavy atom. The second kappa shape index (κ2) is 6.97. The SMILES string of the molecule is Cc1ccc2c(C3CCCCC3)c3n(c2c1)CCC(=O)Nc1cc(Cl)ccc1-3. The molecular weight excluding hydrogens is 368 g/mol. The highest BCUT2D eigenvalue weighted by Gasteiger charge is 2.29. The van der Waals surface area contributed by atoms with Crippen molar-refractivity contribution in [1.82, 2.24) is 4.57 Å². The van der Waals surface area contributed by atoms with Crippen molar-refractivity contribution in [3.63, 3.8) is 0 Å². The molecule has 2 heterocycles. The zero-order chi connectivity index (χ0) is 19.3. The van der Waals surface area contributed by atoms with Crippen LogP contribution in [0.25, 0.3) is 22.2 Å². The largest absolute Gasteiger partial charge is 0.340 e. The van der Waals surface area contributed by atoms with Crippen LogP contribution in [-0.4, -0.2) is 10.5 Å². The minimum absolute atomic E-state index is 0.0443. The molecular formula is C24H25ClN2O. The topological polar surface area (TPSA) is 34.0 Å². The number of amides is 1. The summed E-state index contributed by atoms with van der Waals surface area (Å²) in [5.41, 5.74) is 7.17. The normalized spacial score (nSPS) is 17.6. The molecule has 2 aliphatic rings. The van der Waals surface area contributed by atoms with E-state index in [2.05, 4.69) is 41.1 Å². The van der Waals surface area contributed by atoms with Gasteiger partial charge in [-0.05, 0) is 61.1 Å². The van der Waals surface area contributed by atoms with Crippen LogP contribution in [0.3, 0.4) is 0 Å². The molecule has 1 aliphatic carbocycles. The van der Waals surface area contributed by atoms with Crippen molar-refractivity contribution in [3.05, 3.63) is 52.5 Å². The number of benzene rings is 2. The Hall–Kier alpha value is -2.26. The molecule has 1 aromatic heterocycles. The highest BCUT2D eigenvalue weighted by molar-refractivity contribution is 6.31. The van der Waals surface area contributed by atoms with E-state index in [0.29, 0.717) is 23.9 Å². The number of aromatic nitrogens is 1. The van der Waals surface area contributed by atoms with Crippen LogP contribution in [-0.2, 0) is 11.3 Å². The molecule has 3 nitrogen and oxygen atoms in total. The summed E-state index contributed by atoms with van der Waals surface area (Å²) in [6.07, 6.45) is 6.90. The maximum atomic E-state index is 12.5. The van der Waals surface area contributed by atoms with E-state index in [4.69, 9.17) is 11.6 Å². The number of hydrogen-bond acceptors (Lipinski definition) is 1. The minimum Gasteiger partial charge on any atom is -0.340 e. The fraction of sp³-hybridized carbons (Fsp3) is 0.375. The maximum absolute atomic E-state index is 12.5. The first-order valence-electron chi connectivity index (χ1n) is 10.3. The van der Waals surface area contributed by atoms with Crippen molar-refractivity contribution in [2.75, 3.05) is 5.32 Å². The lowest BCUT2D eigenvalue weighted by Gasteiger charge is -2.25. The van der Waals surface area contributed by atoms with Gasteiger partial charge in [0.2, 0.25) is 5.91 Å². The monoisotopic (exact) mass is 392 g/mol. The Labute approximate surface area is 170 Å². The molecule has 1 fully saturated rings. The second-order valence-corrected chi connectivity index (χ2v) is 8.69. The summed E-state index contributed by atoms with van der Waals surface area (Å²) in [7, 11) is 0. The van der Waals surface area contributed by atoms with E-state index >= 15 is 0 Å². The van der Waals surface area contributed by atoms with Crippen LogP contribution in [0.1, 0.15) is 55.6 Å². The standard InChI is InChI=1S/C24H25ClN2O/c1-15-7-9-19-21(13-15)27-12-11-22(28)26-20-14-17(25)8-10-18(20)24(27)23(19)16-5-3-2-4-6-16/h7-10,13-14,16H,2-6,11-12H2,1H3,(H,26,28). The van der Waals surface area contributed by atoms with E-state index in [1.165, 1.54) is 59.8 Å². The van der Waals surface area contributed by atoms with Gasteiger partial charge in [-0.1, -0.05) is 43.0 Å². The Morgan fingerprint density at radius 2 is 1.89 bits per heavy atom. The molecule has 144 valence electrons. The van der Waals surface area contributed by atoms with E-state index < -0.39 is 0 Å². The molecule has 0 atom stereocenters. The van der Waals surface area contributed by atoms with Crippen molar-refractivity contribution in [2.45, 2.75) is 57.9 Å². The molecule has 1 saturated carbocycles. The van der Waals surface area contributed by atoms with Crippen LogP contribution in [0.4, 0.5) is 5.69 Å². The number of fused-ring (bicyclic) bond motifs is 5. The molecule has 2 aromatic carbocycles. The Balaban J connectivity index is 1.85. The summed E-state index contributed by atoms with van der Waals surface area (Å²) in [6, 6.07) is 12.7. The van der Waals surface area contributed by atoms with E-state index in [1.54, 1.807) is 0 Å². The molecule has 28 heavy (non-hydrogen) atoms. The molecule has 0 spiro atoms. The first kappa shape index (κ1) is 17.8. The Kier molecular flexibility index (Phi) is 4.43. The molecule has 5 rings (SSSR count). The van der Waals surface area contributed by atoms with Gasteiger partial charge in [0.25, 0.3) is 0 Å². The van der Waals surface area contributed by atoms with Crippen LogP contribution < -0.4 is 5.32 Å². The number of nitrogens with zero attached hydrogens (tertiary/aromatic N) is 1. The molecule has 1 amide bonds. The number of halogens is 1. The first-order valence-corrected chi connectivity index (χ1v) is 10.7. The number of rotatable bonds is 1. The summed E-state index contributed by atoms with van der Waals surface area (Å²) < 4.78 is 2.39. The number of hydrogen-bond donors (Lipinski definition) is 1. The summed E-state index contributed by atoms with van der Waals surface area (Å²) in [4.78, 5) is 12.5. The number of carbonyl (C=O) groups is 1. The third-order valence-corrected chi connectivity index (χ3v) is 6.58. The molecule has 0 bridgehead atoms. The average molecular weight is 393 g/mol. The maximum Gasteiger partial charge on any atom is 0.226 e. The molecule has 0 saturated heterocycles. The van der Waals surface area contributed by atoms with Crippen molar-refractivity contribution in [2.24, 2.45) is 0 Å². The zero-order valence-corrected chi connectivity index (χ0v) is 17.0. The highest BCUT2D eigenvalue weighted by Crippen LogP contribution is 2.46. The third-order valence-electron chi connectivity index (χ3n) is 6.35. The Bertz CT molecular complexity index is 1080. The molecule has 0 unspecified atom stereocenters. The van der Waals surface area contributed by atoms with Crippen molar-refractivity contribution < 1.29 is 4.79 Å². The highest BCUT2D eigenvalue weighted by atomic mass is 35.5. The van der Waals surface area contributed by atoms with Gasteiger partial charge in [-0.2, -0.15) is 0 Å². The Morgan fingerprint density at radius 1 is 1.07 bits per heavy atom. The number of anilines is 1. The van der Waals surface area contributed by atoms with Gasteiger partial charge in [-0.3, -0.25) is 4.79 Å². The summed E-state index contributed by atoms with van der Waals surface area (Å²) in [6.45, 7) is 2.85. The van der Waals surface area contributed by atoms with Gasteiger partial charge in [0, 0.05) is 34.5 Å². The second-order valence-electron chi connectivity index (χ2n) is 8.26. The van der Waals surface area contributed by atoms with Gasteiger partial charge in [0.15, 0.2) is 0 Å². The predicted molar refractivity (Wildman–Crippen MR) is 116 cm³/mol. The fourth-order valence-electron chi connectivity index (χ4n) is 5.07. The lowest BCUT2D eigenvalue weighted by Crippen LogP contribution is -2.19. The van der Waals surface area contributed by atoms with Crippen molar-refractivity contribution in [3.8, 4) is 11.3 Å². The fourth-order valence-corrected chi connectivity index (χ4v) is 5.24. The summed E-state index contributed by atoms with van der Waals surface area (Å²) >= 11 is 6.28. The van der Waals surface area contributed by atoms with Gasteiger partial charge < -0.3 is 9.88 Å². The third kappa shape index (κ3) is 2.93. The van der Waals surface area contributed by atoms with E-state index in [-0.39, 0.29) is 5.91 Å². The lowest BCUT2D eigenvalue weighted by molar-refractivity contribution is -0.116. The summed E-state index contributed by atoms with van der Waals surface area (Å²) in [5, 5.41) is 5.09. The quantitative estimate of drug-likeness (QED) is 0.493. The van der Waals surface area contributed by atoms with Crippen LogP contribution in [0, 0.1) is 6.92 Å². The molecule has 1 aliphatic heterocycles. The molecule has 3 aromatic rings. The number of aryl methyl sites for hydroxylation is 2. The van der Waals surface area contributed by atoms with Gasteiger partial charge in [0.05, 0.1) is 11.4 Å². The van der Waals surface area contributed by atoms with E-state index in [1.807, 2.05) is 12.1 Å². The minimum atomic E-state index is 0.0443. The molecule has 1 N–H and O–H groups in total. The van der Waals surface area contributed by atoms with Crippen LogP contribution in [0.5, 0.6) is 0 Å².